The van der Waals surface area contributed by atoms with Crippen molar-refractivity contribution in [2.75, 3.05) is 19.6 Å². The third-order valence-corrected chi connectivity index (χ3v) is 6.96. The van der Waals surface area contributed by atoms with E-state index < -0.39 is 0 Å². The Morgan fingerprint density at radius 3 is 2.56 bits per heavy atom. The second-order valence-electron chi connectivity index (χ2n) is 7.77. The van der Waals surface area contributed by atoms with Gasteiger partial charge in [-0.3, -0.25) is 4.79 Å². The van der Waals surface area contributed by atoms with Crippen molar-refractivity contribution in [3.05, 3.63) is 54.0 Å². The van der Waals surface area contributed by atoms with E-state index in [1.807, 2.05) is 18.2 Å². The minimum absolute atomic E-state index is 0.175. The number of ketones is 1. The lowest BCUT2D eigenvalue weighted by Crippen LogP contribution is -2.47. The first kappa shape index (κ1) is 17.0. The molecule has 0 aliphatic carbocycles. The quantitative estimate of drug-likeness (QED) is 0.596. The molecule has 1 aromatic heterocycles. The third-order valence-electron chi connectivity index (χ3n) is 6.15. The highest BCUT2D eigenvalue weighted by molar-refractivity contribution is 7.13. The molecule has 0 radical (unpaired) electrons. The van der Waals surface area contributed by atoms with Crippen LogP contribution in [-0.4, -0.2) is 34.7 Å². The maximum absolute atomic E-state index is 13.1. The van der Waals surface area contributed by atoms with E-state index in [1.165, 1.54) is 49.6 Å². The summed E-state index contributed by atoms with van der Waals surface area (Å²) < 4.78 is 18.6. The maximum Gasteiger partial charge on any atom is 0.183 e. The minimum atomic E-state index is -0.238. The Hall–Kier alpha value is -2.11. The SMILES string of the molecule is O=C(C[C@@H]1CN2CCC1CC2)c1nsc2cc(-c3ccc(F)cc3)ccc12. The summed E-state index contributed by atoms with van der Waals surface area (Å²) in [6.45, 7) is 3.45. The van der Waals surface area contributed by atoms with E-state index in [2.05, 4.69) is 9.27 Å². The van der Waals surface area contributed by atoms with Gasteiger partial charge < -0.3 is 4.90 Å². The van der Waals surface area contributed by atoms with E-state index in [1.54, 1.807) is 12.1 Å². The molecule has 3 aliphatic rings. The Kier molecular flexibility index (Phi) is 4.29. The van der Waals surface area contributed by atoms with Gasteiger partial charge >= 0.3 is 0 Å². The van der Waals surface area contributed by atoms with Crippen molar-refractivity contribution in [2.45, 2.75) is 19.3 Å². The van der Waals surface area contributed by atoms with Gasteiger partial charge in [-0.2, -0.15) is 4.37 Å². The van der Waals surface area contributed by atoms with Crippen molar-refractivity contribution < 1.29 is 9.18 Å². The lowest BCUT2D eigenvalue weighted by molar-refractivity contribution is 0.0440. The summed E-state index contributed by atoms with van der Waals surface area (Å²) >= 11 is 1.38. The van der Waals surface area contributed by atoms with Crippen molar-refractivity contribution in [2.24, 2.45) is 11.8 Å². The zero-order valence-corrected chi connectivity index (χ0v) is 15.8. The minimum Gasteiger partial charge on any atom is -0.303 e. The zero-order chi connectivity index (χ0) is 18.4. The van der Waals surface area contributed by atoms with Gasteiger partial charge in [-0.1, -0.05) is 24.3 Å². The summed E-state index contributed by atoms with van der Waals surface area (Å²) in [5, 5.41) is 0.942. The van der Waals surface area contributed by atoms with Crippen LogP contribution in [0.1, 0.15) is 29.8 Å². The van der Waals surface area contributed by atoms with Crippen LogP contribution in [-0.2, 0) is 0 Å². The summed E-state index contributed by atoms with van der Waals surface area (Å²) in [6.07, 6.45) is 3.08. The molecule has 0 amide bonds. The van der Waals surface area contributed by atoms with Crippen molar-refractivity contribution in [3.8, 4) is 11.1 Å². The molecule has 4 heterocycles. The van der Waals surface area contributed by atoms with Crippen molar-refractivity contribution in [1.82, 2.24) is 9.27 Å². The first-order valence-corrected chi connectivity index (χ1v) is 10.4. The molecule has 0 unspecified atom stereocenters. The fraction of sp³-hybridized carbons (Fsp3) is 0.364. The molecule has 6 rings (SSSR count). The molecule has 0 spiro atoms. The lowest BCUT2D eigenvalue weighted by atomic mass is 9.76. The number of carbonyl (C=O) groups excluding carboxylic acids is 1. The largest absolute Gasteiger partial charge is 0.303 e. The predicted octanol–water partition coefficient (Wildman–Crippen LogP) is 5.02. The number of nitrogens with zero attached hydrogens (tertiary/aromatic N) is 2. The van der Waals surface area contributed by atoms with E-state index >= 15 is 0 Å². The number of hydrogen-bond acceptors (Lipinski definition) is 4. The summed E-state index contributed by atoms with van der Waals surface area (Å²) in [6, 6.07) is 12.5. The molecule has 3 aliphatic heterocycles. The van der Waals surface area contributed by atoms with Crippen LogP contribution < -0.4 is 0 Å². The molecular formula is C22H21FN2OS. The van der Waals surface area contributed by atoms with Crippen LogP contribution in [0.3, 0.4) is 0 Å². The normalized spacial score (nSPS) is 24.4. The van der Waals surface area contributed by atoms with E-state index in [0.29, 0.717) is 24.0 Å². The van der Waals surface area contributed by atoms with Crippen LogP contribution in [0.25, 0.3) is 21.2 Å². The van der Waals surface area contributed by atoms with Gasteiger partial charge in [0, 0.05) is 18.4 Å². The summed E-state index contributed by atoms with van der Waals surface area (Å²) in [4.78, 5) is 15.4. The van der Waals surface area contributed by atoms with Crippen molar-refractivity contribution >= 4 is 27.4 Å². The molecular weight excluding hydrogens is 359 g/mol. The van der Waals surface area contributed by atoms with Gasteiger partial charge in [0.15, 0.2) is 5.78 Å². The molecule has 0 N–H and O–H groups in total. The standard InChI is InChI=1S/C22H21FN2OS/c23-18-4-1-14(2-5-18)16-3-6-19-21(12-16)27-24-22(19)20(26)11-17-13-25-9-7-15(17)8-10-25/h1-6,12,15,17H,7-11,13H2/t17-/m1/s1. The van der Waals surface area contributed by atoms with E-state index in [9.17, 15) is 9.18 Å². The summed E-state index contributed by atoms with van der Waals surface area (Å²) in [5.41, 5.74) is 2.60. The zero-order valence-electron chi connectivity index (χ0n) is 15.0. The van der Waals surface area contributed by atoms with Crippen molar-refractivity contribution in [1.29, 1.82) is 0 Å². The molecule has 27 heavy (non-hydrogen) atoms. The number of hydrogen-bond donors (Lipinski definition) is 0. The van der Waals surface area contributed by atoms with E-state index in [-0.39, 0.29) is 11.6 Å². The van der Waals surface area contributed by atoms with Crippen molar-refractivity contribution in [3.63, 3.8) is 0 Å². The molecule has 138 valence electrons. The van der Waals surface area contributed by atoms with Crippen LogP contribution in [0.5, 0.6) is 0 Å². The van der Waals surface area contributed by atoms with Crippen LogP contribution >= 0.6 is 11.5 Å². The topological polar surface area (TPSA) is 33.2 Å². The van der Waals surface area contributed by atoms with Gasteiger partial charge in [-0.25, -0.2) is 4.39 Å². The molecule has 0 saturated carbocycles. The number of carbonyl (C=O) groups is 1. The van der Waals surface area contributed by atoms with Gasteiger partial charge in [-0.05, 0) is 78.6 Å². The second kappa shape index (κ2) is 6.80. The molecule has 2 bridgehead atoms. The Bertz CT molecular complexity index is 989. The smallest absolute Gasteiger partial charge is 0.183 e. The fourth-order valence-electron chi connectivity index (χ4n) is 4.61. The Morgan fingerprint density at radius 2 is 1.85 bits per heavy atom. The van der Waals surface area contributed by atoms with E-state index in [4.69, 9.17) is 0 Å². The molecule has 3 aromatic rings. The Morgan fingerprint density at radius 1 is 1.11 bits per heavy atom. The molecule has 1 atom stereocenters. The molecule has 3 saturated heterocycles. The average molecular weight is 380 g/mol. The molecule has 3 fully saturated rings. The first-order valence-electron chi connectivity index (χ1n) is 9.58. The van der Waals surface area contributed by atoms with E-state index in [0.717, 1.165) is 27.8 Å². The number of Topliss-reactive ketones (excluding diaryl/α,β-unsaturated/α-hetero) is 1. The van der Waals surface area contributed by atoms with Crippen LogP contribution in [0.4, 0.5) is 4.39 Å². The van der Waals surface area contributed by atoms with Gasteiger partial charge in [0.1, 0.15) is 11.5 Å². The van der Waals surface area contributed by atoms with Gasteiger partial charge in [0.2, 0.25) is 0 Å². The number of benzene rings is 2. The Labute approximate surface area is 162 Å². The fourth-order valence-corrected chi connectivity index (χ4v) is 5.45. The highest BCUT2D eigenvalue weighted by Crippen LogP contribution is 2.36. The highest BCUT2D eigenvalue weighted by atomic mass is 32.1. The summed E-state index contributed by atoms with van der Waals surface area (Å²) in [7, 11) is 0. The molecule has 5 heteroatoms. The average Bonchev–Trinajstić information content (AvgIpc) is 3.13. The number of halogens is 1. The van der Waals surface area contributed by atoms with Crippen LogP contribution in [0.2, 0.25) is 0 Å². The molecule has 3 nitrogen and oxygen atoms in total. The number of fused-ring (bicyclic) bond motifs is 4. The van der Waals surface area contributed by atoms with Gasteiger partial charge in [0.05, 0.1) is 4.70 Å². The van der Waals surface area contributed by atoms with Crippen LogP contribution in [0, 0.1) is 17.7 Å². The molecule has 2 aromatic carbocycles. The predicted molar refractivity (Wildman–Crippen MR) is 107 cm³/mol. The third kappa shape index (κ3) is 3.19. The lowest BCUT2D eigenvalue weighted by Gasteiger charge is -2.44. The highest BCUT2D eigenvalue weighted by Gasteiger charge is 2.35. The van der Waals surface area contributed by atoms with Gasteiger partial charge in [0.25, 0.3) is 0 Å². The van der Waals surface area contributed by atoms with Crippen LogP contribution in [0.15, 0.2) is 42.5 Å². The maximum atomic E-state index is 13.1. The first-order chi connectivity index (χ1) is 13.2. The number of piperidine rings is 3. The second-order valence-corrected chi connectivity index (χ2v) is 8.58. The monoisotopic (exact) mass is 380 g/mol. The number of rotatable bonds is 4. The van der Waals surface area contributed by atoms with Gasteiger partial charge in [-0.15, -0.1) is 0 Å². The summed E-state index contributed by atoms with van der Waals surface area (Å²) in [5.74, 6) is 1.12. The Balaban J connectivity index is 1.39. The number of aromatic nitrogens is 1.